The number of benzene rings is 3. The van der Waals surface area contributed by atoms with Crippen LogP contribution >= 0.6 is 27.5 Å². The topological polar surface area (TPSA) is 89.0 Å². The van der Waals surface area contributed by atoms with Crippen LogP contribution in [0.3, 0.4) is 0 Å². The fourth-order valence-electron chi connectivity index (χ4n) is 2.69. The van der Waals surface area contributed by atoms with Gasteiger partial charge in [-0.2, -0.15) is 5.10 Å². The van der Waals surface area contributed by atoms with Crippen LogP contribution in [0.4, 0.5) is 5.69 Å². The number of ether oxygens (including phenoxy) is 2. The van der Waals surface area contributed by atoms with Gasteiger partial charge in [-0.05, 0) is 60.5 Å². The third-order valence-electron chi connectivity index (χ3n) is 4.28. The fraction of sp³-hybridized carbons (Fsp3) is 0.125. The summed E-state index contributed by atoms with van der Waals surface area (Å²) in [6.45, 7) is 2.71. The van der Waals surface area contributed by atoms with Crippen molar-refractivity contribution in [2.45, 2.75) is 13.5 Å². The molecule has 0 saturated carbocycles. The molecule has 33 heavy (non-hydrogen) atoms. The molecule has 0 bridgehead atoms. The minimum absolute atomic E-state index is 0.327. The monoisotopic (exact) mass is 529 g/mol. The van der Waals surface area contributed by atoms with E-state index in [1.54, 1.807) is 42.5 Å². The molecule has 7 nitrogen and oxygen atoms in total. The molecule has 0 aromatic heterocycles. The van der Waals surface area contributed by atoms with E-state index in [0.717, 1.165) is 10.0 Å². The van der Waals surface area contributed by atoms with Crippen molar-refractivity contribution < 1.29 is 19.1 Å². The van der Waals surface area contributed by atoms with Crippen LogP contribution in [0, 0.1) is 0 Å². The molecule has 0 saturated heterocycles. The zero-order valence-electron chi connectivity index (χ0n) is 17.7. The molecule has 0 spiro atoms. The number of para-hydroxylation sites is 1. The highest BCUT2D eigenvalue weighted by molar-refractivity contribution is 9.10. The molecular formula is C24H21BrClN3O4. The average molecular weight is 531 g/mol. The van der Waals surface area contributed by atoms with Crippen LogP contribution in [0.25, 0.3) is 0 Å². The molecule has 0 radical (unpaired) electrons. The summed E-state index contributed by atoms with van der Waals surface area (Å²) >= 11 is 9.38. The molecule has 0 aliphatic carbocycles. The Labute approximate surface area is 204 Å². The van der Waals surface area contributed by atoms with Crippen molar-refractivity contribution in [2.24, 2.45) is 5.10 Å². The largest absolute Gasteiger partial charge is 0.490 e. The number of rotatable bonds is 8. The number of hydrazone groups is 1. The van der Waals surface area contributed by atoms with Gasteiger partial charge in [-0.1, -0.05) is 51.8 Å². The van der Waals surface area contributed by atoms with Gasteiger partial charge in [-0.25, -0.2) is 5.43 Å². The lowest BCUT2D eigenvalue weighted by Gasteiger charge is -2.12. The Morgan fingerprint density at radius 1 is 1.00 bits per heavy atom. The van der Waals surface area contributed by atoms with E-state index in [2.05, 4.69) is 31.8 Å². The van der Waals surface area contributed by atoms with Crippen LogP contribution in [-0.2, 0) is 16.2 Å². The third kappa shape index (κ3) is 7.34. The second-order valence-corrected chi connectivity index (χ2v) is 8.01. The quantitative estimate of drug-likeness (QED) is 0.239. The number of anilines is 1. The highest BCUT2D eigenvalue weighted by atomic mass is 79.9. The summed E-state index contributed by atoms with van der Waals surface area (Å²) in [6, 6.07) is 19.7. The van der Waals surface area contributed by atoms with Gasteiger partial charge in [-0.3, -0.25) is 9.59 Å². The predicted molar refractivity (Wildman–Crippen MR) is 132 cm³/mol. The number of amides is 2. The van der Waals surface area contributed by atoms with Crippen molar-refractivity contribution >= 4 is 51.2 Å². The molecule has 0 heterocycles. The zero-order chi connectivity index (χ0) is 23.6. The summed E-state index contributed by atoms with van der Waals surface area (Å²) in [5.74, 6) is -0.681. The Kier molecular flexibility index (Phi) is 8.86. The molecular weight excluding hydrogens is 510 g/mol. The lowest BCUT2D eigenvalue weighted by Crippen LogP contribution is -2.32. The number of hydrogen-bond acceptors (Lipinski definition) is 5. The molecule has 2 amide bonds. The second kappa shape index (κ2) is 12.0. The van der Waals surface area contributed by atoms with Gasteiger partial charge < -0.3 is 14.8 Å². The zero-order valence-corrected chi connectivity index (χ0v) is 20.0. The van der Waals surface area contributed by atoms with Crippen molar-refractivity contribution in [3.05, 3.63) is 87.4 Å². The molecule has 9 heteroatoms. The van der Waals surface area contributed by atoms with Crippen molar-refractivity contribution in [2.75, 3.05) is 11.9 Å². The van der Waals surface area contributed by atoms with Crippen molar-refractivity contribution in [3.8, 4) is 11.5 Å². The van der Waals surface area contributed by atoms with E-state index in [1.165, 1.54) is 6.21 Å². The van der Waals surface area contributed by atoms with E-state index in [-0.39, 0.29) is 0 Å². The van der Waals surface area contributed by atoms with Crippen LogP contribution in [0.15, 0.2) is 76.3 Å². The first-order chi connectivity index (χ1) is 16.0. The smallest absolute Gasteiger partial charge is 0.329 e. The highest BCUT2D eigenvalue weighted by Gasteiger charge is 2.14. The van der Waals surface area contributed by atoms with Crippen LogP contribution in [0.2, 0.25) is 5.02 Å². The second-order valence-electron chi connectivity index (χ2n) is 6.69. The third-order valence-corrected chi connectivity index (χ3v) is 5.14. The molecule has 0 unspecified atom stereocenters. The highest BCUT2D eigenvalue weighted by Crippen LogP contribution is 2.29. The molecule has 3 aromatic rings. The summed E-state index contributed by atoms with van der Waals surface area (Å²) in [7, 11) is 0. The van der Waals surface area contributed by atoms with Gasteiger partial charge >= 0.3 is 11.8 Å². The standard InChI is InChI=1S/C24H21BrClN3O4/c1-2-32-22-13-17(9-12-21(22)33-15-16-7-10-18(25)11-8-16)14-27-29-24(31)23(30)28-20-6-4-3-5-19(20)26/h3-14H,2,15H2,1H3,(H,28,30)(H,29,31)/b27-14-. The minimum atomic E-state index is -0.925. The van der Waals surface area contributed by atoms with Crippen LogP contribution in [0.5, 0.6) is 11.5 Å². The van der Waals surface area contributed by atoms with Crippen molar-refractivity contribution in [3.63, 3.8) is 0 Å². The van der Waals surface area contributed by atoms with E-state index in [1.807, 2.05) is 31.2 Å². The first kappa shape index (κ1) is 24.3. The maximum absolute atomic E-state index is 12.0. The first-order valence-corrected chi connectivity index (χ1v) is 11.2. The lowest BCUT2D eigenvalue weighted by molar-refractivity contribution is -0.136. The molecule has 0 fully saturated rings. The van der Waals surface area contributed by atoms with Crippen LogP contribution < -0.4 is 20.2 Å². The fourth-order valence-corrected chi connectivity index (χ4v) is 3.14. The molecule has 0 atom stereocenters. The Bertz CT molecular complexity index is 1150. The summed E-state index contributed by atoms with van der Waals surface area (Å²) < 4.78 is 12.6. The summed E-state index contributed by atoms with van der Waals surface area (Å²) in [5.41, 5.74) is 4.20. The van der Waals surface area contributed by atoms with Gasteiger partial charge in [0.25, 0.3) is 0 Å². The number of hydrogen-bond donors (Lipinski definition) is 2. The minimum Gasteiger partial charge on any atom is -0.490 e. The summed E-state index contributed by atoms with van der Waals surface area (Å²) in [4.78, 5) is 24.0. The maximum atomic E-state index is 12.0. The van der Waals surface area contributed by atoms with Crippen LogP contribution in [-0.4, -0.2) is 24.6 Å². The lowest BCUT2D eigenvalue weighted by atomic mass is 10.2. The first-order valence-electron chi connectivity index (χ1n) is 9.99. The van der Waals surface area contributed by atoms with Gasteiger partial charge in [0.05, 0.1) is 23.5 Å². The van der Waals surface area contributed by atoms with Gasteiger partial charge in [0.15, 0.2) is 11.5 Å². The Hall–Kier alpha value is -3.36. The number of nitrogens with one attached hydrogen (secondary N) is 2. The summed E-state index contributed by atoms with van der Waals surface area (Å²) in [6.07, 6.45) is 1.40. The van der Waals surface area contributed by atoms with E-state index in [0.29, 0.717) is 41.0 Å². The normalized spacial score (nSPS) is 10.6. The SMILES string of the molecule is CCOc1cc(/C=N\NC(=O)C(=O)Nc2ccccc2Cl)ccc1OCc1ccc(Br)cc1. The Balaban J connectivity index is 1.59. The van der Waals surface area contributed by atoms with Crippen LogP contribution in [0.1, 0.15) is 18.1 Å². The molecule has 170 valence electrons. The molecule has 3 rings (SSSR count). The molecule has 0 aliphatic heterocycles. The average Bonchev–Trinajstić information content (AvgIpc) is 2.81. The van der Waals surface area contributed by atoms with Gasteiger partial charge in [0, 0.05) is 4.47 Å². The predicted octanol–water partition coefficient (Wildman–Crippen LogP) is 5.17. The molecule has 0 aliphatic rings. The number of carbonyl (C=O) groups is 2. The number of nitrogens with zero attached hydrogens (tertiary/aromatic N) is 1. The van der Waals surface area contributed by atoms with Crippen molar-refractivity contribution in [1.29, 1.82) is 0 Å². The number of carbonyl (C=O) groups excluding carboxylic acids is 2. The van der Waals surface area contributed by atoms with E-state index >= 15 is 0 Å². The van der Waals surface area contributed by atoms with Crippen molar-refractivity contribution in [1.82, 2.24) is 5.43 Å². The summed E-state index contributed by atoms with van der Waals surface area (Å²) in [5, 5.41) is 6.59. The van der Waals surface area contributed by atoms with Gasteiger partial charge in [-0.15, -0.1) is 0 Å². The Morgan fingerprint density at radius 2 is 1.76 bits per heavy atom. The van der Waals surface area contributed by atoms with E-state index < -0.39 is 11.8 Å². The van der Waals surface area contributed by atoms with Gasteiger partial charge in [0.1, 0.15) is 6.61 Å². The molecule has 3 aromatic carbocycles. The van der Waals surface area contributed by atoms with E-state index in [4.69, 9.17) is 21.1 Å². The van der Waals surface area contributed by atoms with E-state index in [9.17, 15) is 9.59 Å². The molecule has 2 N–H and O–H groups in total. The maximum Gasteiger partial charge on any atom is 0.329 e. The number of halogens is 2. The Morgan fingerprint density at radius 3 is 2.48 bits per heavy atom. The van der Waals surface area contributed by atoms with Gasteiger partial charge in [0.2, 0.25) is 0 Å².